The average molecular weight is 417 g/mol. The normalized spacial score (nSPS) is 39.5. The first-order valence-corrected chi connectivity index (χ1v) is 12.3. The summed E-state index contributed by atoms with van der Waals surface area (Å²) in [6, 6.07) is 0. The zero-order chi connectivity index (χ0) is 22.1. The van der Waals surface area contributed by atoms with E-state index in [0.29, 0.717) is 36.0 Å². The third-order valence-corrected chi connectivity index (χ3v) is 8.68. The van der Waals surface area contributed by atoms with E-state index in [1.807, 2.05) is 0 Å². The summed E-state index contributed by atoms with van der Waals surface area (Å²) in [5, 5.41) is 30.4. The molecule has 0 amide bonds. The minimum atomic E-state index is -0.618. The van der Waals surface area contributed by atoms with Gasteiger partial charge in [0.1, 0.15) is 0 Å². The predicted molar refractivity (Wildman–Crippen MR) is 124 cm³/mol. The van der Waals surface area contributed by atoms with Crippen molar-refractivity contribution >= 4 is 0 Å². The molecule has 3 nitrogen and oxygen atoms in total. The van der Waals surface area contributed by atoms with Gasteiger partial charge in [0.2, 0.25) is 0 Å². The molecule has 3 aliphatic rings. The standard InChI is InChI=1S/C27H44O3/c1-17(2)25(29)13-8-18(3)23-11-12-24-20(7-6-14-27(23,24)5)9-10-21-15-22(28)16-26(30)19(21)4/h9-10,17-18,22-26,28-30H,4,6-8,11-16H2,1-3,5H3/b20-9+,21-10-/t18-,22-,23-,24?,25-,26+,27-/m1/s1. The molecule has 1 unspecified atom stereocenters. The molecule has 0 aromatic carbocycles. The second-order valence-electron chi connectivity index (χ2n) is 11.0. The van der Waals surface area contributed by atoms with Crippen molar-refractivity contribution in [2.75, 3.05) is 0 Å². The Hall–Kier alpha value is -0.900. The number of hydrogen-bond donors (Lipinski definition) is 3. The summed E-state index contributed by atoms with van der Waals surface area (Å²) in [7, 11) is 0. The highest BCUT2D eigenvalue weighted by Crippen LogP contribution is 2.60. The van der Waals surface area contributed by atoms with Crippen molar-refractivity contribution in [2.45, 2.75) is 104 Å². The Labute approximate surface area is 184 Å². The van der Waals surface area contributed by atoms with Gasteiger partial charge in [0.15, 0.2) is 0 Å². The highest BCUT2D eigenvalue weighted by molar-refractivity contribution is 5.38. The van der Waals surface area contributed by atoms with Crippen LogP contribution in [0.3, 0.4) is 0 Å². The number of aliphatic hydroxyl groups is 3. The van der Waals surface area contributed by atoms with Crippen molar-refractivity contribution in [3.63, 3.8) is 0 Å². The molecule has 0 aliphatic heterocycles. The Kier molecular flexibility index (Phi) is 7.69. The van der Waals surface area contributed by atoms with E-state index in [1.165, 1.54) is 25.7 Å². The van der Waals surface area contributed by atoms with Crippen molar-refractivity contribution < 1.29 is 15.3 Å². The summed E-state index contributed by atoms with van der Waals surface area (Å²) in [4.78, 5) is 0. The Morgan fingerprint density at radius 2 is 1.87 bits per heavy atom. The highest BCUT2D eigenvalue weighted by Gasteiger charge is 2.50. The molecular weight excluding hydrogens is 372 g/mol. The lowest BCUT2D eigenvalue weighted by atomic mass is 9.60. The van der Waals surface area contributed by atoms with Crippen molar-refractivity contribution in [3.05, 3.63) is 35.5 Å². The third kappa shape index (κ3) is 4.95. The van der Waals surface area contributed by atoms with E-state index in [9.17, 15) is 15.3 Å². The summed E-state index contributed by atoms with van der Waals surface area (Å²) < 4.78 is 0. The maximum absolute atomic E-state index is 10.3. The van der Waals surface area contributed by atoms with Gasteiger partial charge in [-0.05, 0) is 91.6 Å². The zero-order valence-corrected chi connectivity index (χ0v) is 19.6. The fraction of sp³-hybridized carbons (Fsp3) is 0.778. The molecule has 0 heterocycles. The van der Waals surface area contributed by atoms with E-state index in [0.717, 1.165) is 36.3 Å². The molecule has 0 radical (unpaired) electrons. The number of rotatable bonds is 6. The van der Waals surface area contributed by atoms with Gasteiger partial charge in [0.25, 0.3) is 0 Å². The SMILES string of the molecule is C=C1/C(=C\C=C2/CCC[C@@]3(C)C2CC[C@@H]3[C@H](C)CC[C@@H](O)C(C)C)C[C@@H](O)C[C@@H]1O. The third-order valence-electron chi connectivity index (χ3n) is 8.68. The van der Waals surface area contributed by atoms with Crippen LogP contribution in [0.1, 0.15) is 85.5 Å². The summed E-state index contributed by atoms with van der Waals surface area (Å²) in [6.07, 6.45) is 12.4. The second-order valence-corrected chi connectivity index (χ2v) is 11.0. The van der Waals surface area contributed by atoms with Gasteiger partial charge in [0.05, 0.1) is 18.3 Å². The van der Waals surface area contributed by atoms with E-state index in [2.05, 4.69) is 46.4 Å². The molecule has 3 heteroatoms. The fourth-order valence-corrected chi connectivity index (χ4v) is 6.65. The van der Waals surface area contributed by atoms with Crippen LogP contribution in [-0.4, -0.2) is 33.6 Å². The van der Waals surface area contributed by atoms with Gasteiger partial charge in [0, 0.05) is 6.42 Å². The summed E-state index contributed by atoms with van der Waals surface area (Å²) in [6.45, 7) is 13.2. The van der Waals surface area contributed by atoms with Gasteiger partial charge < -0.3 is 15.3 Å². The lowest BCUT2D eigenvalue weighted by Crippen LogP contribution is -2.36. The fourth-order valence-electron chi connectivity index (χ4n) is 6.65. The minimum absolute atomic E-state index is 0.180. The van der Waals surface area contributed by atoms with Gasteiger partial charge in [-0.2, -0.15) is 0 Å². The Bertz CT molecular complexity index is 676. The molecule has 0 aromatic heterocycles. The molecular formula is C27H44O3. The molecule has 0 aromatic rings. The summed E-state index contributed by atoms with van der Waals surface area (Å²) in [5.41, 5.74) is 3.69. The van der Waals surface area contributed by atoms with Crippen LogP contribution in [0.5, 0.6) is 0 Å². The topological polar surface area (TPSA) is 60.7 Å². The Morgan fingerprint density at radius 1 is 1.13 bits per heavy atom. The summed E-state index contributed by atoms with van der Waals surface area (Å²) in [5.74, 6) is 2.35. The molecule has 0 bridgehead atoms. The van der Waals surface area contributed by atoms with Gasteiger partial charge in [-0.15, -0.1) is 0 Å². The van der Waals surface area contributed by atoms with Crippen LogP contribution in [0.25, 0.3) is 0 Å². The number of fused-ring (bicyclic) bond motifs is 1. The molecule has 3 aliphatic carbocycles. The lowest BCUT2D eigenvalue weighted by Gasteiger charge is -2.44. The molecule has 30 heavy (non-hydrogen) atoms. The van der Waals surface area contributed by atoms with Crippen LogP contribution >= 0.6 is 0 Å². The van der Waals surface area contributed by atoms with Crippen LogP contribution in [0.2, 0.25) is 0 Å². The quantitative estimate of drug-likeness (QED) is 0.531. The number of allylic oxidation sites excluding steroid dienone is 3. The highest BCUT2D eigenvalue weighted by atomic mass is 16.3. The smallest absolute Gasteiger partial charge is 0.0811 e. The number of aliphatic hydroxyl groups excluding tert-OH is 3. The van der Waals surface area contributed by atoms with E-state index >= 15 is 0 Å². The first kappa shape index (κ1) is 23.8. The van der Waals surface area contributed by atoms with Crippen molar-refractivity contribution in [1.29, 1.82) is 0 Å². The van der Waals surface area contributed by atoms with E-state index in [1.54, 1.807) is 5.57 Å². The van der Waals surface area contributed by atoms with Crippen LogP contribution < -0.4 is 0 Å². The van der Waals surface area contributed by atoms with Crippen LogP contribution in [0.15, 0.2) is 35.5 Å². The van der Waals surface area contributed by atoms with Crippen LogP contribution in [-0.2, 0) is 0 Å². The molecule has 3 saturated carbocycles. The Balaban J connectivity index is 1.72. The first-order valence-electron chi connectivity index (χ1n) is 12.3. The molecule has 3 rings (SSSR count). The maximum atomic E-state index is 10.3. The molecule has 3 fully saturated rings. The van der Waals surface area contributed by atoms with Gasteiger partial charge in [-0.1, -0.05) is 52.0 Å². The van der Waals surface area contributed by atoms with Crippen LogP contribution in [0.4, 0.5) is 0 Å². The maximum Gasteiger partial charge on any atom is 0.0811 e. The van der Waals surface area contributed by atoms with Gasteiger partial charge in [-0.25, -0.2) is 0 Å². The zero-order valence-electron chi connectivity index (χ0n) is 19.6. The summed E-state index contributed by atoms with van der Waals surface area (Å²) >= 11 is 0. The van der Waals surface area contributed by atoms with Crippen molar-refractivity contribution in [1.82, 2.24) is 0 Å². The molecule has 0 spiro atoms. The van der Waals surface area contributed by atoms with Crippen molar-refractivity contribution in [2.24, 2.45) is 29.1 Å². The average Bonchev–Trinajstić information content (AvgIpc) is 3.04. The molecule has 3 N–H and O–H groups in total. The van der Waals surface area contributed by atoms with E-state index < -0.39 is 12.2 Å². The molecule has 7 atom stereocenters. The first-order chi connectivity index (χ1) is 14.1. The second kappa shape index (κ2) is 9.71. The largest absolute Gasteiger partial charge is 0.393 e. The lowest BCUT2D eigenvalue weighted by molar-refractivity contribution is 0.0717. The van der Waals surface area contributed by atoms with Gasteiger partial charge in [-0.3, -0.25) is 0 Å². The monoisotopic (exact) mass is 416 g/mol. The van der Waals surface area contributed by atoms with E-state index in [-0.39, 0.29) is 6.10 Å². The minimum Gasteiger partial charge on any atom is -0.393 e. The van der Waals surface area contributed by atoms with Gasteiger partial charge >= 0.3 is 0 Å². The Morgan fingerprint density at radius 3 is 2.57 bits per heavy atom. The van der Waals surface area contributed by atoms with E-state index in [4.69, 9.17) is 0 Å². The van der Waals surface area contributed by atoms with Crippen LogP contribution in [0, 0.1) is 29.1 Å². The number of hydrogen-bond acceptors (Lipinski definition) is 3. The van der Waals surface area contributed by atoms with Crippen molar-refractivity contribution in [3.8, 4) is 0 Å². The predicted octanol–water partition coefficient (Wildman–Crippen LogP) is 5.56. The molecule has 170 valence electrons. The molecule has 0 saturated heterocycles.